The molecular formula is C13H23N3O4. The predicted molar refractivity (Wildman–Crippen MR) is 72.7 cm³/mol. The molecule has 0 radical (unpaired) electrons. The topological polar surface area (TPSA) is 98.7 Å². The first-order valence-corrected chi connectivity index (χ1v) is 6.82. The number of aliphatic hydroxyl groups excluding tert-OH is 1. The first-order valence-electron chi connectivity index (χ1n) is 6.82. The van der Waals surface area contributed by atoms with Gasteiger partial charge in [-0.2, -0.15) is 0 Å². The summed E-state index contributed by atoms with van der Waals surface area (Å²) in [5.41, 5.74) is 0. The standard InChI is InChI=1S/C13H23N3O4/c1-8(2)12(15-11(19)6-14-9(3)17)13(20)16-5-4-10(18)7-16/h8,10,12,18H,4-7H2,1-3H3,(H,14,17)(H,15,19)/t10-,12+/m1/s1. The molecule has 7 heteroatoms. The maximum atomic E-state index is 12.3. The van der Waals surface area contributed by atoms with Gasteiger partial charge in [0.1, 0.15) is 6.04 Å². The van der Waals surface area contributed by atoms with Gasteiger partial charge in [0.05, 0.1) is 12.6 Å². The molecule has 20 heavy (non-hydrogen) atoms. The summed E-state index contributed by atoms with van der Waals surface area (Å²) in [5, 5.41) is 14.5. The van der Waals surface area contributed by atoms with Crippen LogP contribution in [0.4, 0.5) is 0 Å². The van der Waals surface area contributed by atoms with Crippen LogP contribution in [0.3, 0.4) is 0 Å². The Bertz CT molecular complexity index is 384. The van der Waals surface area contributed by atoms with Gasteiger partial charge in [0.15, 0.2) is 0 Å². The number of carbonyl (C=O) groups excluding carboxylic acids is 3. The lowest BCUT2D eigenvalue weighted by molar-refractivity contribution is -0.137. The van der Waals surface area contributed by atoms with Crippen molar-refractivity contribution >= 4 is 17.7 Å². The number of amides is 3. The van der Waals surface area contributed by atoms with Crippen molar-refractivity contribution in [3.05, 3.63) is 0 Å². The summed E-state index contributed by atoms with van der Waals surface area (Å²) in [6.45, 7) is 5.67. The van der Waals surface area contributed by atoms with E-state index in [4.69, 9.17) is 0 Å². The highest BCUT2D eigenvalue weighted by atomic mass is 16.3. The summed E-state index contributed by atoms with van der Waals surface area (Å²) in [6, 6.07) is -0.637. The minimum atomic E-state index is -0.637. The van der Waals surface area contributed by atoms with Crippen LogP contribution in [0.5, 0.6) is 0 Å². The highest BCUT2D eigenvalue weighted by Gasteiger charge is 2.32. The minimum absolute atomic E-state index is 0.0680. The number of aliphatic hydroxyl groups is 1. The average molecular weight is 285 g/mol. The lowest BCUT2D eigenvalue weighted by Crippen LogP contribution is -2.52. The van der Waals surface area contributed by atoms with Crippen LogP contribution in [-0.2, 0) is 14.4 Å². The number of hydrogen-bond acceptors (Lipinski definition) is 4. The molecule has 0 aromatic heterocycles. The van der Waals surface area contributed by atoms with Crippen LogP contribution >= 0.6 is 0 Å². The van der Waals surface area contributed by atoms with Crippen molar-refractivity contribution in [2.24, 2.45) is 5.92 Å². The summed E-state index contributed by atoms with van der Waals surface area (Å²) < 4.78 is 0. The fourth-order valence-corrected chi connectivity index (χ4v) is 2.08. The SMILES string of the molecule is CC(=O)NCC(=O)N[C@H](C(=O)N1CC[C@@H](O)C1)C(C)C. The van der Waals surface area contributed by atoms with Crippen molar-refractivity contribution in [3.8, 4) is 0 Å². The third kappa shape index (κ3) is 4.80. The van der Waals surface area contributed by atoms with E-state index in [1.54, 1.807) is 4.90 Å². The van der Waals surface area contributed by atoms with Crippen molar-refractivity contribution in [2.45, 2.75) is 39.3 Å². The number of β-amino-alcohol motifs (C(OH)–C–C–N with tert-alkyl or cyclic N) is 1. The summed E-state index contributed by atoms with van der Waals surface area (Å²) >= 11 is 0. The van der Waals surface area contributed by atoms with Gasteiger partial charge in [-0.25, -0.2) is 0 Å². The Kier molecular flexibility index (Phi) is 5.94. The fourth-order valence-electron chi connectivity index (χ4n) is 2.08. The Hall–Kier alpha value is -1.63. The van der Waals surface area contributed by atoms with Crippen LogP contribution < -0.4 is 10.6 Å². The van der Waals surface area contributed by atoms with Crippen molar-refractivity contribution < 1.29 is 19.5 Å². The highest BCUT2D eigenvalue weighted by Crippen LogP contribution is 2.13. The third-order valence-corrected chi connectivity index (χ3v) is 3.22. The molecule has 0 aromatic rings. The number of likely N-dealkylation sites (tertiary alicyclic amines) is 1. The lowest BCUT2D eigenvalue weighted by atomic mass is 10.0. The van der Waals surface area contributed by atoms with Gasteiger partial charge in [0.2, 0.25) is 17.7 Å². The van der Waals surface area contributed by atoms with E-state index in [1.165, 1.54) is 6.92 Å². The summed E-state index contributed by atoms with van der Waals surface area (Å²) in [4.78, 5) is 36.3. The zero-order valence-electron chi connectivity index (χ0n) is 12.2. The molecule has 0 saturated carbocycles. The molecule has 1 fully saturated rings. The molecule has 1 rings (SSSR count). The smallest absolute Gasteiger partial charge is 0.245 e. The quantitative estimate of drug-likeness (QED) is 0.594. The van der Waals surface area contributed by atoms with Gasteiger partial charge >= 0.3 is 0 Å². The molecule has 2 atom stereocenters. The van der Waals surface area contributed by atoms with Gasteiger partial charge in [0, 0.05) is 20.0 Å². The van der Waals surface area contributed by atoms with Crippen LogP contribution in [0.25, 0.3) is 0 Å². The number of hydrogen-bond donors (Lipinski definition) is 3. The summed E-state index contributed by atoms with van der Waals surface area (Å²) in [7, 11) is 0. The van der Waals surface area contributed by atoms with E-state index in [-0.39, 0.29) is 24.3 Å². The normalized spacial score (nSPS) is 19.9. The molecule has 1 heterocycles. The molecule has 7 nitrogen and oxygen atoms in total. The summed E-state index contributed by atoms with van der Waals surface area (Å²) in [6.07, 6.45) is 0.0815. The van der Waals surface area contributed by atoms with E-state index in [1.807, 2.05) is 13.8 Å². The highest BCUT2D eigenvalue weighted by molar-refractivity contribution is 5.90. The molecular weight excluding hydrogens is 262 g/mol. The van der Waals surface area contributed by atoms with Gasteiger partial charge in [-0.05, 0) is 12.3 Å². The molecule has 3 amide bonds. The fraction of sp³-hybridized carbons (Fsp3) is 0.769. The van der Waals surface area contributed by atoms with Gasteiger partial charge in [-0.1, -0.05) is 13.8 Å². The molecule has 1 aliphatic heterocycles. The van der Waals surface area contributed by atoms with Crippen molar-refractivity contribution in [1.29, 1.82) is 0 Å². The van der Waals surface area contributed by atoms with E-state index in [0.717, 1.165) is 0 Å². The Morgan fingerprint density at radius 1 is 1.35 bits per heavy atom. The zero-order chi connectivity index (χ0) is 15.3. The Balaban J connectivity index is 2.57. The number of nitrogens with one attached hydrogen (secondary N) is 2. The number of rotatable bonds is 5. The van der Waals surface area contributed by atoms with E-state index in [0.29, 0.717) is 19.5 Å². The summed E-state index contributed by atoms with van der Waals surface area (Å²) in [5.74, 6) is -0.948. The molecule has 1 saturated heterocycles. The van der Waals surface area contributed by atoms with Crippen LogP contribution in [0.2, 0.25) is 0 Å². The molecule has 114 valence electrons. The second-order valence-electron chi connectivity index (χ2n) is 5.43. The number of nitrogens with zero attached hydrogens (tertiary/aromatic N) is 1. The van der Waals surface area contributed by atoms with Crippen molar-refractivity contribution in [3.63, 3.8) is 0 Å². The van der Waals surface area contributed by atoms with Crippen molar-refractivity contribution in [1.82, 2.24) is 15.5 Å². The van der Waals surface area contributed by atoms with Gasteiger partial charge < -0.3 is 20.6 Å². The molecule has 3 N–H and O–H groups in total. The van der Waals surface area contributed by atoms with Gasteiger partial charge in [-0.3, -0.25) is 14.4 Å². The van der Waals surface area contributed by atoms with Gasteiger partial charge in [-0.15, -0.1) is 0 Å². The number of carbonyl (C=O) groups is 3. The van der Waals surface area contributed by atoms with Crippen LogP contribution in [0.15, 0.2) is 0 Å². The first-order chi connectivity index (χ1) is 9.31. The molecule has 0 unspecified atom stereocenters. The van der Waals surface area contributed by atoms with E-state index in [9.17, 15) is 19.5 Å². The van der Waals surface area contributed by atoms with E-state index in [2.05, 4.69) is 10.6 Å². The second kappa shape index (κ2) is 7.23. The lowest BCUT2D eigenvalue weighted by Gasteiger charge is -2.26. The molecule has 0 aliphatic carbocycles. The zero-order valence-corrected chi connectivity index (χ0v) is 12.2. The van der Waals surface area contributed by atoms with E-state index >= 15 is 0 Å². The van der Waals surface area contributed by atoms with Crippen LogP contribution in [0.1, 0.15) is 27.2 Å². The maximum Gasteiger partial charge on any atom is 0.245 e. The monoisotopic (exact) mass is 285 g/mol. The minimum Gasteiger partial charge on any atom is -0.391 e. The van der Waals surface area contributed by atoms with Crippen LogP contribution in [-0.4, -0.2) is 59.5 Å². The Morgan fingerprint density at radius 2 is 2.00 bits per heavy atom. The molecule has 0 aromatic carbocycles. The molecule has 1 aliphatic rings. The predicted octanol–water partition coefficient (Wildman–Crippen LogP) is -1.14. The van der Waals surface area contributed by atoms with E-state index < -0.39 is 18.1 Å². The average Bonchev–Trinajstić information content (AvgIpc) is 2.79. The van der Waals surface area contributed by atoms with Crippen molar-refractivity contribution in [2.75, 3.05) is 19.6 Å². The Labute approximate surface area is 118 Å². The molecule has 0 bridgehead atoms. The third-order valence-electron chi connectivity index (χ3n) is 3.22. The second-order valence-corrected chi connectivity index (χ2v) is 5.43. The largest absolute Gasteiger partial charge is 0.391 e. The Morgan fingerprint density at radius 3 is 2.45 bits per heavy atom. The van der Waals surface area contributed by atoms with Gasteiger partial charge in [0.25, 0.3) is 0 Å². The molecule has 0 spiro atoms. The van der Waals surface area contributed by atoms with Crippen LogP contribution in [0, 0.1) is 5.92 Å². The maximum absolute atomic E-state index is 12.3. The first kappa shape index (κ1) is 16.4.